The lowest BCUT2D eigenvalue weighted by Crippen LogP contribution is -2.41. The smallest absolute Gasteiger partial charge is 0.312 e. The van der Waals surface area contributed by atoms with Crippen molar-refractivity contribution in [3.8, 4) is 5.75 Å². The average Bonchev–Trinajstić information content (AvgIpc) is 2.55. The Bertz CT molecular complexity index is 531. The van der Waals surface area contributed by atoms with Crippen LogP contribution in [0.3, 0.4) is 0 Å². The Kier molecular flexibility index (Phi) is 7.98. The van der Waals surface area contributed by atoms with Gasteiger partial charge in [-0.15, -0.1) is 0 Å². The molecule has 1 rings (SSSR count). The number of rotatable bonds is 8. The Balaban J connectivity index is 2.17. The summed E-state index contributed by atoms with van der Waals surface area (Å²) in [5, 5.41) is 2.47. The van der Waals surface area contributed by atoms with Crippen molar-refractivity contribution in [1.29, 1.82) is 0 Å². The molecule has 0 heterocycles. The second-order valence-electron chi connectivity index (χ2n) is 4.83. The van der Waals surface area contributed by atoms with Gasteiger partial charge < -0.3 is 15.8 Å². The van der Waals surface area contributed by atoms with Gasteiger partial charge in [0.2, 0.25) is 5.91 Å². The van der Waals surface area contributed by atoms with Crippen LogP contribution in [-0.4, -0.2) is 31.5 Å². The van der Waals surface area contributed by atoms with Gasteiger partial charge in [0.15, 0.2) is 0 Å². The molecule has 0 radical (unpaired) electrons. The second kappa shape index (κ2) is 10.0. The summed E-state index contributed by atoms with van der Waals surface area (Å²) in [5.41, 5.74) is 10.1. The molecule has 0 unspecified atom stereocenters. The third-order valence-corrected chi connectivity index (χ3v) is 3.05. The van der Waals surface area contributed by atoms with Gasteiger partial charge in [-0.2, -0.15) is 0 Å². The number of amides is 4. The van der Waals surface area contributed by atoms with Crippen molar-refractivity contribution in [3.63, 3.8) is 0 Å². The first-order chi connectivity index (χ1) is 11.0. The number of methoxy groups -OCH3 is 1. The van der Waals surface area contributed by atoms with Crippen LogP contribution in [0.1, 0.15) is 36.0 Å². The zero-order chi connectivity index (χ0) is 17.1. The lowest BCUT2D eigenvalue weighted by atomic mass is 10.2. The van der Waals surface area contributed by atoms with Crippen LogP contribution in [0.2, 0.25) is 0 Å². The summed E-state index contributed by atoms with van der Waals surface area (Å²) in [5.74, 6) is -0.0159. The number of primary amides is 1. The normalized spacial score (nSPS) is 9.78. The summed E-state index contributed by atoms with van der Waals surface area (Å²) in [6, 6.07) is 5.98. The highest BCUT2D eigenvalue weighted by atomic mass is 16.5. The molecule has 126 valence electrons. The quantitative estimate of drug-likeness (QED) is 0.415. The van der Waals surface area contributed by atoms with Crippen molar-refractivity contribution >= 4 is 17.8 Å². The first-order valence-electron chi connectivity index (χ1n) is 7.29. The molecule has 1 aromatic rings. The van der Waals surface area contributed by atoms with E-state index in [1.54, 1.807) is 31.4 Å². The molecule has 0 atom stereocenters. The van der Waals surface area contributed by atoms with E-state index < -0.39 is 11.9 Å². The molecular formula is C15H22N4O4. The average molecular weight is 322 g/mol. The zero-order valence-corrected chi connectivity index (χ0v) is 13.1. The van der Waals surface area contributed by atoms with Gasteiger partial charge in [-0.1, -0.05) is 6.42 Å². The van der Waals surface area contributed by atoms with Crippen LogP contribution in [0.4, 0.5) is 4.79 Å². The van der Waals surface area contributed by atoms with Crippen LogP contribution in [0.25, 0.3) is 0 Å². The van der Waals surface area contributed by atoms with Gasteiger partial charge >= 0.3 is 6.03 Å². The third-order valence-electron chi connectivity index (χ3n) is 3.05. The maximum Gasteiger partial charge on any atom is 0.312 e. The third kappa shape index (κ3) is 7.70. The number of hydrogen-bond acceptors (Lipinski definition) is 4. The highest BCUT2D eigenvalue weighted by molar-refractivity contribution is 5.95. The van der Waals surface area contributed by atoms with Crippen molar-refractivity contribution in [2.45, 2.75) is 25.7 Å². The van der Waals surface area contributed by atoms with E-state index in [1.807, 2.05) is 0 Å². The molecule has 0 bridgehead atoms. The SMILES string of the molecule is COc1ccc(C(=O)NNC(=O)CCCCCNC(N)=O)cc1. The predicted octanol–water partition coefficient (Wildman–Crippen LogP) is 0.685. The molecule has 0 spiro atoms. The molecule has 0 aliphatic heterocycles. The van der Waals surface area contributed by atoms with E-state index in [1.165, 1.54) is 0 Å². The Morgan fingerprint density at radius 2 is 1.74 bits per heavy atom. The fourth-order valence-corrected chi connectivity index (χ4v) is 1.80. The lowest BCUT2D eigenvalue weighted by Gasteiger charge is -2.08. The summed E-state index contributed by atoms with van der Waals surface area (Å²) in [4.78, 5) is 33.8. The van der Waals surface area contributed by atoms with E-state index >= 15 is 0 Å². The number of carbonyl (C=O) groups excluding carboxylic acids is 3. The molecule has 1 aromatic carbocycles. The van der Waals surface area contributed by atoms with Crippen molar-refractivity contribution in [2.75, 3.05) is 13.7 Å². The van der Waals surface area contributed by atoms with Crippen LogP contribution < -0.4 is 26.6 Å². The van der Waals surface area contributed by atoms with Crippen LogP contribution >= 0.6 is 0 Å². The van der Waals surface area contributed by atoms with Gasteiger partial charge in [0.1, 0.15) is 5.75 Å². The van der Waals surface area contributed by atoms with E-state index in [0.29, 0.717) is 30.7 Å². The Morgan fingerprint density at radius 1 is 1.04 bits per heavy atom. The number of hydrazine groups is 1. The van der Waals surface area contributed by atoms with Crippen molar-refractivity contribution in [3.05, 3.63) is 29.8 Å². The molecular weight excluding hydrogens is 300 g/mol. The highest BCUT2D eigenvalue weighted by Crippen LogP contribution is 2.10. The molecule has 4 amide bonds. The minimum absolute atomic E-state index is 0.269. The van der Waals surface area contributed by atoms with Crippen molar-refractivity contribution in [1.82, 2.24) is 16.2 Å². The molecule has 0 fully saturated rings. The first-order valence-corrected chi connectivity index (χ1v) is 7.29. The molecule has 0 saturated heterocycles. The van der Waals surface area contributed by atoms with Crippen LogP contribution in [0.5, 0.6) is 5.75 Å². The van der Waals surface area contributed by atoms with E-state index in [4.69, 9.17) is 10.5 Å². The topological polar surface area (TPSA) is 123 Å². The van der Waals surface area contributed by atoms with E-state index in [9.17, 15) is 14.4 Å². The number of nitrogens with two attached hydrogens (primary N) is 1. The van der Waals surface area contributed by atoms with E-state index in [-0.39, 0.29) is 5.91 Å². The maximum absolute atomic E-state index is 11.8. The number of unbranched alkanes of at least 4 members (excludes halogenated alkanes) is 2. The maximum atomic E-state index is 11.8. The van der Waals surface area contributed by atoms with Crippen molar-refractivity contribution < 1.29 is 19.1 Å². The number of benzene rings is 1. The minimum Gasteiger partial charge on any atom is -0.497 e. The Labute approximate surface area is 134 Å². The lowest BCUT2D eigenvalue weighted by molar-refractivity contribution is -0.122. The number of urea groups is 1. The molecule has 8 heteroatoms. The van der Waals surface area contributed by atoms with Crippen LogP contribution in [0, 0.1) is 0 Å². The number of nitrogens with one attached hydrogen (secondary N) is 3. The van der Waals surface area contributed by atoms with Gasteiger partial charge in [0.05, 0.1) is 7.11 Å². The Morgan fingerprint density at radius 3 is 2.35 bits per heavy atom. The zero-order valence-electron chi connectivity index (χ0n) is 13.1. The fraction of sp³-hybridized carbons (Fsp3) is 0.400. The molecule has 0 aromatic heterocycles. The predicted molar refractivity (Wildman–Crippen MR) is 84.7 cm³/mol. The fourth-order valence-electron chi connectivity index (χ4n) is 1.80. The van der Waals surface area contributed by atoms with Gasteiger partial charge in [-0.05, 0) is 37.1 Å². The number of hydrogen-bond donors (Lipinski definition) is 4. The largest absolute Gasteiger partial charge is 0.497 e. The summed E-state index contributed by atoms with van der Waals surface area (Å²) in [6.45, 7) is 0.491. The van der Waals surface area contributed by atoms with Crippen molar-refractivity contribution in [2.24, 2.45) is 5.73 Å². The van der Waals surface area contributed by atoms with E-state index in [0.717, 1.165) is 12.8 Å². The standard InChI is InChI=1S/C15H22N4O4/c1-23-12-8-6-11(7-9-12)14(21)19-18-13(20)5-3-2-4-10-17-15(16)22/h6-9H,2-5,10H2,1H3,(H,18,20)(H,19,21)(H3,16,17,22). The second-order valence-corrected chi connectivity index (χ2v) is 4.83. The molecule has 5 N–H and O–H groups in total. The summed E-state index contributed by atoms with van der Waals surface area (Å²) in [7, 11) is 1.54. The van der Waals surface area contributed by atoms with E-state index in [2.05, 4.69) is 16.2 Å². The molecule has 0 aliphatic rings. The van der Waals surface area contributed by atoms with Crippen LogP contribution in [0.15, 0.2) is 24.3 Å². The minimum atomic E-state index is -0.552. The highest BCUT2D eigenvalue weighted by Gasteiger charge is 2.07. The van der Waals surface area contributed by atoms with Gasteiger partial charge in [-0.25, -0.2) is 4.79 Å². The molecule has 0 saturated carbocycles. The molecule has 23 heavy (non-hydrogen) atoms. The monoisotopic (exact) mass is 322 g/mol. The summed E-state index contributed by atoms with van der Waals surface area (Å²) in [6.07, 6.45) is 2.47. The number of carbonyl (C=O) groups is 3. The van der Waals surface area contributed by atoms with Gasteiger partial charge in [0.25, 0.3) is 5.91 Å². The van der Waals surface area contributed by atoms with Crippen LogP contribution in [-0.2, 0) is 4.79 Å². The summed E-state index contributed by atoms with van der Waals surface area (Å²) < 4.78 is 5.00. The summed E-state index contributed by atoms with van der Waals surface area (Å²) >= 11 is 0. The van der Waals surface area contributed by atoms with Gasteiger partial charge in [0, 0.05) is 18.5 Å². The van der Waals surface area contributed by atoms with Gasteiger partial charge in [-0.3, -0.25) is 20.4 Å². The molecule has 0 aliphatic carbocycles. The first kappa shape index (κ1) is 18.3. The number of ether oxygens (including phenoxy) is 1. The molecule has 8 nitrogen and oxygen atoms in total. The Hall–Kier alpha value is -2.77.